The Morgan fingerprint density at radius 3 is 2.76 bits per heavy atom. The Bertz CT molecular complexity index is 542. The van der Waals surface area contributed by atoms with Crippen LogP contribution in [0.15, 0.2) is 27.3 Å². The summed E-state index contributed by atoms with van der Waals surface area (Å²) in [4.78, 5) is 4.37. The molecule has 2 aromatic heterocycles. The molecular formula is C11H9BrCl2N2O. The van der Waals surface area contributed by atoms with Crippen LogP contribution in [0.25, 0.3) is 11.5 Å². The van der Waals surface area contributed by atoms with Crippen LogP contribution in [0.4, 0.5) is 5.82 Å². The number of nitrogens with zero attached hydrogens (tertiary/aromatic N) is 1. The van der Waals surface area contributed by atoms with Gasteiger partial charge in [0, 0.05) is 6.54 Å². The second-order valence-corrected chi connectivity index (χ2v) is 4.95. The van der Waals surface area contributed by atoms with E-state index in [0.717, 1.165) is 11.0 Å². The maximum atomic E-state index is 6.11. The van der Waals surface area contributed by atoms with E-state index >= 15 is 0 Å². The molecule has 2 heterocycles. The quantitative estimate of drug-likeness (QED) is 0.871. The average molecular weight is 336 g/mol. The molecule has 0 saturated carbocycles. The molecule has 2 aromatic rings. The Hall–Kier alpha value is -0.710. The van der Waals surface area contributed by atoms with Gasteiger partial charge in [0.2, 0.25) is 0 Å². The summed E-state index contributed by atoms with van der Waals surface area (Å²) in [6.07, 6.45) is 1.57. The van der Waals surface area contributed by atoms with Gasteiger partial charge in [0.1, 0.15) is 11.5 Å². The molecule has 0 radical (unpaired) electrons. The van der Waals surface area contributed by atoms with Crippen LogP contribution in [0.2, 0.25) is 10.0 Å². The van der Waals surface area contributed by atoms with E-state index in [1.807, 2.05) is 6.92 Å². The highest BCUT2D eigenvalue weighted by atomic mass is 79.9. The van der Waals surface area contributed by atoms with Crippen LogP contribution in [0.3, 0.4) is 0 Å². The highest BCUT2D eigenvalue weighted by Gasteiger charge is 2.15. The number of halogens is 3. The molecule has 3 nitrogen and oxygen atoms in total. The van der Waals surface area contributed by atoms with E-state index < -0.39 is 0 Å². The van der Waals surface area contributed by atoms with Gasteiger partial charge in [-0.25, -0.2) is 4.98 Å². The summed E-state index contributed by atoms with van der Waals surface area (Å²) in [5.41, 5.74) is 0.559. The lowest BCUT2D eigenvalue weighted by Gasteiger charge is -2.08. The van der Waals surface area contributed by atoms with Crippen molar-refractivity contribution in [2.24, 2.45) is 0 Å². The van der Waals surface area contributed by atoms with Gasteiger partial charge in [-0.2, -0.15) is 0 Å². The van der Waals surface area contributed by atoms with Crippen molar-refractivity contribution >= 4 is 44.9 Å². The van der Waals surface area contributed by atoms with Gasteiger partial charge in [0.05, 0.1) is 20.8 Å². The van der Waals surface area contributed by atoms with Crippen molar-refractivity contribution in [1.82, 2.24) is 4.98 Å². The van der Waals surface area contributed by atoms with Crippen LogP contribution in [0.1, 0.15) is 6.92 Å². The number of aromatic nitrogens is 1. The van der Waals surface area contributed by atoms with E-state index in [4.69, 9.17) is 27.6 Å². The molecule has 0 atom stereocenters. The third kappa shape index (κ3) is 2.59. The van der Waals surface area contributed by atoms with Crippen LogP contribution in [-0.4, -0.2) is 11.5 Å². The van der Waals surface area contributed by atoms with Crippen molar-refractivity contribution in [3.8, 4) is 11.5 Å². The largest absolute Gasteiger partial charge is 0.461 e. The van der Waals surface area contributed by atoms with E-state index in [-0.39, 0.29) is 0 Å². The summed E-state index contributed by atoms with van der Waals surface area (Å²) < 4.78 is 6.14. The molecule has 0 aromatic carbocycles. The minimum absolute atomic E-state index is 0.451. The molecular weight excluding hydrogens is 327 g/mol. The number of pyridine rings is 1. The van der Waals surface area contributed by atoms with Gasteiger partial charge in [0.15, 0.2) is 5.76 Å². The Kier molecular flexibility index (Phi) is 3.97. The molecule has 0 bridgehead atoms. The van der Waals surface area contributed by atoms with E-state index in [2.05, 4.69) is 26.2 Å². The number of nitrogens with one attached hydrogen (secondary N) is 1. The average Bonchev–Trinajstić information content (AvgIpc) is 2.69. The van der Waals surface area contributed by atoms with Crippen molar-refractivity contribution < 1.29 is 4.42 Å². The predicted octanol–water partition coefficient (Wildman–Crippen LogP) is 4.84. The number of furan rings is 1. The van der Waals surface area contributed by atoms with Crippen LogP contribution >= 0.6 is 39.1 Å². The second-order valence-electron chi connectivity index (χ2n) is 3.28. The first-order valence-electron chi connectivity index (χ1n) is 4.96. The molecule has 0 aliphatic heterocycles. The highest BCUT2D eigenvalue weighted by molar-refractivity contribution is 9.10. The lowest BCUT2D eigenvalue weighted by molar-refractivity contribution is 0.579. The zero-order valence-electron chi connectivity index (χ0n) is 8.93. The Morgan fingerprint density at radius 2 is 2.18 bits per heavy atom. The van der Waals surface area contributed by atoms with Crippen LogP contribution < -0.4 is 5.32 Å². The normalized spacial score (nSPS) is 10.6. The number of rotatable bonds is 3. The summed E-state index contributed by atoms with van der Waals surface area (Å²) in [7, 11) is 0. The molecule has 17 heavy (non-hydrogen) atoms. The Balaban J connectivity index is 2.54. The van der Waals surface area contributed by atoms with E-state index in [0.29, 0.717) is 27.3 Å². The third-order valence-electron chi connectivity index (χ3n) is 2.11. The van der Waals surface area contributed by atoms with Crippen LogP contribution in [0.5, 0.6) is 0 Å². The summed E-state index contributed by atoms with van der Waals surface area (Å²) in [6, 6.07) is 3.44. The second kappa shape index (κ2) is 5.29. The molecule has 90 valence electrons. The van der Waals surface area contributed by atoms with E-state index in [1.165, 1.54) is 0 Å². The van der Waals surface area contributed by atoms with E-state index in [1.54, 1.807) is 18.4 Å². The Morgan fingerprint density at radius 1 is 1.41 bits per heavy atom. The lowest BCUT2D eigenvalue weighted by Crippen LogP contribution is -2.01. The molecule has 0 unspecified atom stereocenters. The van der Waals surface area contributed by atoms with Gasteiger partial charge in [0.25, 0.3) is 0 Å². The SMILES string of the molecule is CCNc1nc(-c2occc2Br)c(Cl)cc1Cl. The smallest absolute Gasteiger partial charge is 0.168 e. The minimum atomic E-state index is 0.451. The molecule has 0 saturated heterocycles. The van der Waals surface area contributed by atoms with Gasteiger partial charge < -0.3 is 9.73 Å². The van der Waals surface area contributed by atoms with Gasteiger partial charge in [-0.15, -0.1) is 0 Å². The zero-order chi connectivity index (χ0) is 12.4. The standard InChI is InChI=1S/C11H9BrCl2N2O/c1-2-15-11-8(14)5-7(13)9(16-11)10-6(12)3-4-17-10/h3-5H,2H2,1H3,(H,15,16). The molecule has 0 aliphatic carbocycles. The molecule has 1 N–H and O–H groups in total. The van der Waals surface area contributed by atoms with Gasteiger partial charge in [-0.3, -0.25) is 0 Å². The monoisotopic (exact) mass is 334 g/mol. The van der Waals surface area contributed by atoms with Crippen LogP contribution in [0, 0.1) is 0 Å². The van der Waals surface area contributed by atoms with Crippen molar-refractivity contribution in [2.75, 3.05) is 11.9 Å². The highest BCUT2D eigenvalue weighted by Crippen LogP contribution is 2.36. The van der Waals surface area contributed by atoms with Crippen molar-refractivity contribution in [1.29, 1.82) is 0 Å². The predicted molar refractivity (Wildman–Crippen MR) is 73.8 cm³/mol. The summed E-state index contributed by atoms with van der Waals surface area (Å²) in [5, 5.41) is 4.01. The first-order valence-corrected chi connectivity index (χ1v) is 6.51. The summed E-state index contributed by atoms with van der Waals surface area (Å²) >= 11 is 15.5. The molecule has 6 heteroatoms. The summed E-state index contributed by atoms with van der Waals surface area (Å²) in [5.74, 6) is 1.18. The zero-order valence-corrected chi connectivity index (χ0v) is 12.0. The lowest BCUT2D eigenvalue weighted by atomic mass is 10.3. The fourth-order valence-corrected chi connectivity index (χ4v) is 2.28. The molecule has 0 spiro atoms. The van der Waals surface area contributed by atoms with Gasteiger partial charge in [-0.1, -0.05) is 23.2 Å². The first-order chi connectivity index (χ1) is 8.13. The van der Waals surface area contributed by atoms with E-state index in [9.17, 15) is 0 Å². The third-order valence-corrected chi connectivity index (χ3v) is 3.31. The number of anilines is 1. The van der Waals surface area contributed by atoms with Crippen LogP contribution in [-0.2, 0) is 0 Å². The summed E-state index contributed by atoms with van der Waals surface area (Å²) in [6.45, 7) is 2.70. The van der Waals surface area contributed by atoms with Gasteiger partial charge >= 0.3 is 0 Å². The van der Waals surface area contributed by atoms with Crippen molar-refractivity contribution in [3.63, 3.8) is 0 Å². The first kappa shape index (κ1) is 12.7. The fourth-order valence-electron chi connectivity index (χ4n) is 1.38. The number of hydrogen-bond acceptors (Lipinski definition) is 3. The van der Waals surface area contributed by atoms with Crippen molar-refractivity contribution in [3.05, 3.63) is 32.9 Å². The molecule has 0 aliphatic rings. The fraction of sp³-hybridized carbons (Fsp3) is 0.182. The maximum absolute atomic E-state index is 6.11. The Labute approximate surface area is 117 Å². The van der Waals surface area contributed by atoms with Gasteiger partial charge in [-0.05, 0) is 35.0 Å². The minimum Gasteiger partial charge on any atom is -0.461 e. The molecule has 0 fully saturated rings. The number of hydrogen-bond donors (Lipinski definition) is 1. The maximum Gasteiger partial charge on any atom is 0.168 e. The molecule has 0 amide bonds. The molecule has 2 rings (SSSR count). The topological polar surface area (TPSA) is 38.1 Å². The van der Waals surface area contributed by atoms with Crippen molar-refractivity contribution in [2.45, 2.75) is 6.92 Å².